The van der Waals surface area contributed by atoms with Crippen LogP contribution < -0.4 is 10.1 Å². The topological polar surface area (TPSA) is 99.4 Å². The molecule has 0 radical (unpaired) electrons. The molecule has 1 rings (SSSR count). The standard InChI is InChI=1S/C13H14N2O4/c14-8-9-19-11-6-4-10(5-7-11)15-12(16)2-1-3-13(17)18/h4-7H,1-3,9H2,(H,15,16)(H,17,18). The highest BCUT2D eigenvalue weighted by Gasteiger charge is 2.04. The fourth-order valence-corrected chi connectivity index (χ4v) is 1.37. The first kappa shape index (κ1) is 14.5. The Hall–Kier alpha value is -2.55. The molecule has 6 heteroatoms. The van der Waals surface area contributed by atoms with E-state index < -0.39 is 5.97 Å². The van der Waals surface area contributed by atoms with Crippen LogP contribution in [0.2, 0.25) is 0 Å². The van der Waals surface area contributed by atoms with Crippen LogP contribution in [0.25, 0.3) is 0 Å². The highest BCUT2D eigenvalue weighted by molar-refractivity contribution is 5.90. The van der Waals surface area contributed by atoms with Crippen LogP contribution >= 0.6 is 0 Å². The van der Waals surface area contributed by atoms with Crippen molar-refractivity contribution in [1.82, 2.24) is 0 Å². The lowest BCUT2D eigenvalue weighted by molar-refractivity contribution is -0.137. The van der Waals surface area contributed by atoms with Gasteiger partial charge >= 0.3 is 5.97 Å². The zero-order chi connectivity index (χ0) is 14.1. The zero-order valence-electron chi connectivity index (χ0n) is 10.3. The molecular weight excluding hydrogens is 248 g/mol. The van der Waals surface area contributed by atoms with E-state index in [9.17, 15) is 9.59 Å². The number of nitrogens with zero attached hydrogens (tertiary/aromatic N) is 1. The summed E-state index contributed by atoms with van der Waals surface area (Å²) >= 11 is 0. The van der Waals surface area contributed by atoms with Gasteiger partial charge in [-0.25, -0.2) is 0 Å². The third kappa shape index (κ3) is 6.07. The van der Waals surface area contributed by atoms with Crippen molar-refractivity contribution in [2.45, 2.75) is 19.3 Å². The largest absolute Gasteiger partial charge is 0.481 e. The van der Waals surface area contributed by atoms with Crippen molar-refractivity contribution >= 4 is 17.6 Å². The van der Waals surface area contributed by atoms with E-state index in [0.717, 1.165) is 0 Å². The van der Waals surface area contributed by atoms with Crippen LogP contribution in [0.15, 0.2) is 24.3 Å². The van der Waals surface area contributed by atoms with Crippen LogP contribution in [0.1, 0.15) is 19.3 Å². The molecule has 19 heavy (non-hydrogen) atoms. The Kier molecular flexibility index (Phi) is 5.89. The molecule has 0 heterocycles. The molecule has 0 spiro atoms. The second-order valence-electron chi connectivity index (χ2n) is 3.77. The minimum Gasteiger partial charge on any atom is -0.481 e. The summed E-state index contributed by atoms with van der Waals surface area (Å²) < 4.78 is 5.07. The van der Waals surface area contributed by atoms with Gasteiger partial charge in [0.25, 0.3) is 0 Å². The maximum absolute atomic E-state index is 11.5. The Bertz CT molecular complexity index is 476. The van der Waals surface area contributed by atoms with E-state index in [1.807, 2.05) is 6.07 Å². The number of carboxylic acids is 1. The van der Waals surface area contributed by atoms with E-state index in [2.05, 4.69) is 5.32 Å². The predicted octanol–water partition coefficient (Wildman–Crippen LogP) is 1.78. The molecule has 100 valence electrons. The van der Waals surface area contributed by atoms with Crippen LogP contribution in [-0.4, -0.2) is 23.6 Å². The lowest BCUT2D eigenvalue weighted by atomic mass is 10.2. The Morgan fingerprint density at radius 2 is 1.95 bits per heavy atom. The smallest absolute Gasteiger partial charge is 0.303 e. The average molecular weight is 262 g/mol. The van der Waals surface area contributed by atoms with E-state index in [4.69, 9.17) is 15.1 Å². The van der Waals surface area contributed by atoms with Gasteiger partial charge in [-0.2, -0.15) is 5.26 Å². The number of ether oxygens (including phenoxy) is 1. The monoisotopic (exact) mass is 262 g/mol. The second kappa shape index (κ2) is 7.71. The van der Waals surface area contributed by atoms with E-state index in [-0.39, 0.29) is 25.4 Å². The number of hydrogen-bond acceptors (Lipinski definition) is 4. The van der Waals surface area contributed by atoms with E-state index in [1.165, 1.54) is 0 Å². The number of benzene rings is 1. The molecule has 0 atom stereocenters. The van der Waals surface area contributed by atoms with Crippen LogP contribution in [0.3, 0.4) is 0 Å². The van der Waals surface area contributed by atoms with Gasteiger partial charge in [-0.05, 0) is 30.7 Å². The number of nitriles is 1. The molecular formula is C13H14N2O4. The number of carbonyl (C=O) groups is 2. The first-order valence-corrected chi connectivity index (χ1v) is 5.73. The first-order chi connectivity index (χ1) is 9.11. The molecule has 0 saturated carbocycles. The summed E-state index contributed by atoms with van der Waals surface area (Å²) in [5.41, 5.74) is 0.602. The first-order valence-electron chi connectivity index (χ1n) is 5.73. The van der Waals surface area contributed by atoms with Crippen molar-refractivity contribution < 1.29 is 19.4 Å². The molecule has 0 saturated heterocycles. The van der Waals surface area contributed by atoms with Gasteiger partial charge in [0, 0.05) is 18.5 Å². The van der Waals surface area contributed by atoms with Crippen LogP contribution in [0.5, 0.6) is 5.75 Å². The summed E-state index contributed by atoms with van der Waals surface area (Å²) in [5, 5.41) is 19.4. The Morgan fingerprint density at radius 1 is 1.26 bits per heavy atom. The maximum Gasteiger partial charge on any atom is 0.303 e. The normalized spacial score (nSPS) is 9.42. The predicted molar refractivity (Wildman–Crippen MR) is 67.7 cm³/mol. The molecule has 6 nitrogen and oxygen atoms in total. The third-order valence-corrected chi connectivity index (χ3v) is 2.24. The number of rotatable bonds is 7. The van der Waals surface area contributed by atoms with Gasteiger partial charge in [-0.3, -0.25) is 9.59 Å². The van der Waals surface area contributed by atoms with E-state index >= 15 is 0 Å². The number of amides is 1. The summed E-state index contributed by atoms with van der Waals surface area (Å²) in [5.74, 6) is -0.593. The third-order valence-electron chi connectivity index (χ3n) is 2.24. The highest BCUT2D eigenvalue weighted by Crippen LogP contribution is 2.15. The van der Waals surface area contributed by atoms with Crippen molar-refractivity contribution in [3.8, 4) is 11.8 Å². The Balaban J connectivity index is 2.38. The second-order valence-corrected chi connectivity index (χ2v) is 3.77. The summed E-state index contributed by atoms with van der Waals surface area (Å²) in [4.78, 5) is 21.8. The van der Waals surface area contributed by atoms with Gasteiger partial charge in [0.1, 0.15) is 11.8 Å². The van der Waals surface area contributed by atoms with Gasteiger partial charge < -0.3 is 15.2 Å². The minimum atomic E-state index is -0.910. The number of hydrogen-bond donors (Lipinski definition) is 2. The number of aliphatic carboxylic acids is 1. The van der Waals surface area contributed by atoms with Crippen molar-refractivity contribution in [3.63, 3.8) is 0 Å². The van der Waals surface area contributed by atoms with Crippen molar-refractivity contribution in [2.75, 3.05) is 11.9 Å². The molecule has 0 bridgehead atoms. The van der Waals surface area contributed by atoms with Gasteiger partial charge in [0.05, 0.1) is 0 Å². The lowest BCUT2D eigenvalue weighted by Gasteiger charge is -2.06. The molecule has 0 aliphatic carbocycles. The van der Waals surface area contributed by atoms with Gasteiger partial charge in [-0.15, -0.1) is 0 Å². The SMILES string of the molecule is N#CCOc1ccc(NC(=O)CCCC(=O)O)cc1. The summed E-state index contributed by atoms with van der Waals surface area (Å²) in [6, 6.07) is 8.45. The fraction of sp³-hybridized carbons (Fsp3) is 0.308. The number of carboxylic acid groups (broad SMARTS) is 1. The molecule has 0 aromatic heterocycles. The minimum absolute atomic E-state index is 0.0195. The van der Waals surface area contributed by atoms with Crippen molar-refractivity contribution in [2.24, 2.45) is 0 Å². The highest BCUT2D eigenvalue weighted by atomic mass is 16.5. The Morgan fingerprint density at radius 3 is 2.53 bits per heavy atom. The van der Waals surface area contributed by atoms with Crippen LogP contribution in [-0.2, 0) is 9.59 Å². The average Bonchev–Trinajstić information content (AvgIpc) is 2.37. The van der Waals surface area contributed by atoms with E-state index in [0.29, 0.717) is 17.9 Å². The zero-order valence-corrected chi connectivity index (χ0v) is 10.3. The van der Waals surface area contributed by atoms with E-state index in [1.54, 1.807) is 24.3 Å². The quantitative estimate of drug-likeness (QED) is 0.780. The molecule has 1 amide bonds. The number of anilines is 1. The maximum atomic E-state index is 11.5. The number of nitrogens with one attached hydrogen (secondary N) is 1. The van der Waals surface area contributed by atoms with Gasteiger partial charge in [-0.1, -0.05) is 0 Å². The molecule has 1 aromatic carbocycles. The summed E-state index contributed by atoms with van der Waals surface area (Å²) in [6.45, 7) is -0.0269. The van der Waals surface area contributed by atoms with Gasteiger partial charge in [0.15, 0.2) is 6.61 Å². The molecule has 0 aliphatic heterocycles. The fourth-order valence-electron chi connectivity index (χ4n) is 1.37. The van der Waals surface area contributed by atoms with Crippen molar-refractivity contribution in [3.05, 3.63) is 24.3 Å². The lowest BCUT2D eigenvalue weighted by Crippen LogP contribution is -2.11. The molecule has 2 N–H and O–H groups in total. The molecule has 0 aliphatic rings. The van der Waals surface area contributed by atoms with Crippen LogP contribution in [0, 0.1) is 11.3 Å². The summed E-state index contributed by atoms with van der Waals surface area (Å²) in [6.07, 6.45) is 0.456. The van der Waals surface area contributed by atoms with Crippen LogP contribution in [0.4, 0.5) is 5.69 Å². The van der Waals surface area contributed by atoms with Gasteiger partial charge in [0.2, 0.25) is 5.91 Å². The molecule has 0 unspecified atom stereocenters. The molecule has 0 fully saturated rings. The number of carbonyl (C=O) groups excluding carboxylic acids is 1. The molecule has 1 aromatic rings. The summed E-state index contributed by atoms with van der Waals surface area (Å²) in [7, 11) is 0. The Labute approximate surface area is 110 Å². The van der Waals surface area contributed by atoms with Crippen molar-refractivity contribution in [1.29, 1.82) is 5.26 Å².